The number of carboxylic acid groups (broad SMARTS) is 1. The summed E-state index contributed by atoms with van der Waals surface area (Å²) >= 11 is 0. The van der Waals surface area contributed by atoms with Crippen molar-refractivity contribution >= 4 is 11.9 Å². The number of nitrogens with two attached hydrogens (primary N) is 1. The van der Waals surface area contributed by atoms with Gasteiger partial charge in [0.25, 0.3) is 0 Å². The maximum Gasteiger partial charge on any atom is 0.329 e. The Morgan fingerprint density at radius 1 is 1.41 bits per heavy atom. The Kier molecular flexibility index (Phi) is 3.81. The highest BCUT2D eigenvalue weighted by atomic mass is 16.4. The largest absolute Gasteiger partial charge is 0.480 e. The molecule has 2 atom stereocenters. The molecule has 0 spiro atoms. The molecule has 0 aliphatic heterocycles. The average Bonchev–Trinajstić information content (AvgIpc) is 3.00. The number of nitrogens with one attached hydrogen (secondary N) is 1. The Bertz CT molecular complexity index is 324. The van der Waals surface area contributed by atoms with Gasteiger partial charge in [0, 0.05) is 0 Å². The van der Waals surface area contributed by atoms with Crippen molar-refractivity contribution in [3.8, 4) is 0 Å². The summed E-state index contributed by atoms with van der Waals surface area (Å²) < 4.78 is 0. The van der Waals surface area contributed by atoms with Gasteiger partial charge in [0.1, 0.15) is 5.54 Å². The van der Waals surface area contributed by atoms with Crippen LogP contribution in [-0.4, -0.2) is 28.1 Å². The van der Waals surface area contributed by atoms with Gasteiger partial charge in [0.2, 0.25) is 5.91 Å². The Morgan fingerprint density at radius 2 is 1.94 bits per heavy atom. The SMILES string of the molecule is CCCC(C)(NC(=O)C(C)(N)C1CC1)C(=O)O. The van der Waals surface area contributed by atoms with Crippen molar-refractivity contribution in [3.63, 3.8) is 0 Å². The van der Waals surface area contributed by atoms with Crippen molar-refractivity contribution in [2.24, 2.45) is 11.7 Å². The lowest BCUT2D eigenvalue weighted by atomic mass is 9.91. The van der Waals surface area contributed by atoms with Gasteiger partial charge in [-0.2, -0.15) is 0 Å². The minimum Gasteiger partial charge on any atom is -0.480 e. The molecule has 17 heavy (non-hydrogen) atoms. The minimum absolute atomic E-state index is 0.183. The maximum absolute atomic E-state index is 12.0. The lowest BCUT2D eigenvalue weighted by Crippen LogP contribution is -2.61. The normalized spacial score (nSPS) is 22.4. The zero-order chi connectivity index (χ0) is 13.3. The molecule has 1 aliphatic carbocycles. The number of amides is 1. The van der Waals surface area contributed by atoms with E-state index in [0.717, 1.165) is 12.8 Å². The van der Waals surface area contributed by atoms with E-state index in [1.807, 2.05) is 6.92 Å². The summed E-state index contributed by atoms with van der Waals surface area (Å²) in [4.78, 5) is 23.2. The van der Waals surface area contributed by atoms with Crippen LogP contribution >= 0.6 is 0 Å². The number of carbonyl (C=O) groups is 2. The zero-order valence-electron chi connectivity index (χ0n) is 10.7. The molecule has 0 aromatic heterocycles. The molecular weight excluding hydrogens is 220 g/mol. The highest BCUT2D eigenvalue weighted by Crippen LogP contribution is 2.38. The number of hydrogen-bond donors (Lipinski definition) is 3. The number of carbonyl (C=O) groups excluding carboxylic acids is 1. The van der Waals surface area contributed by atoms with Crippen LogP contribution in [0.15, 0.2) is 0 Å². The molecular formula is C12H22N2O3. The molecule has 1 saturated carbocycles. The summed E-state index contributed by atoms with van der Waals surface area (Å²) in [5, 5.41) is 11.8. The molecule has 2 unspecified atom stereocenters. The van der Waals surface area contributed by atoms with Crippen molar-refractivity contribution in [1.82, 2.24) is 5.32 Å². The molecule has 1 fully saturated rings. The maximum atomic E-state index is 12.0. The number of aliphatic carboxylic acids is 1. The van der Waals surface area contributed by atoms with Crippen molar-refractivity contribution < 1.29 is 14.7 Å². The molecule has 5 heteroatoms. The molecule has 98 valence electrons. The monoisotopic (exact) mass is 242 g/mol. The third-order valence-electron chi connectivity index (χ3n) is 3.53. The lowest BCUT2D eigenvalue weighted by molar-refractivity contribution is -0.148. The minimum atomic E-state index is -1.22. The van der Waals surface area contributed by atoms with Crippen LogP contribution in [0.3, 0.4) is 0 Å². The molecule has 1 amide bonds. The number of hydrogen-bond acceptors (Lipinski definition) is 3. The van der Waals surface area contributed by atoms with E-state index in [1.165, 1.54) is 6.92 Å². The number of rotatable bonds is 6. The highest BCUT2D eigenvalue weighted by molar-refractivity contribution is 5.92. The first-order chi connectivity index (χ1) is 7.74. The van der Waals surface area contributed by atoms with Gasteiger partial charge in [-0.15, -0.1) is 0 Å². The molecule has 1 rings (SSSR count). The Balaban J connectivity index is 2.73. The second kappa shape index (κ2) is 4.64. The lowest BCUT2D eigenvalue weighted by Gasteiger charge is -2.31. The van der Waals surface area contributed by atoms with Crippen LogP contribution in [0.4, 0.5) is 0 Å². The van der Waals surface area contributed by atoms with Crippen LogP contribution in [0, 0.1) is 5.92 Å². The predicted molar refractivity (Wildman–Crippen MR) is 64.4 cm³/mol. The molecule has 0 bridgehead atoms. The zero-order valence-corrected chi connectivity index (χ0v) is 10.7. The molecule has 0 radical (unpaired) electrons. The summed E-state index contributed by atoms with van der Waals surface area (Å²) in [6.07, 6.45) is 2.97. The van der Waals surface area contributed by atoms with Crippen molar-refractivity contribution in [2.75, 3.05) is 0 Å². The summed E-state index contributed by atoms with van der Waals surface area (Å²) in [7, 11) is 0. The van der Waals surface area contributed by atoms with E-state index in [9.17, 15) is 14.7 Å². The molecule has 0 saturated heterocycles. The van der Waals surface area contributed by atoms with Crippen LogP contribution in [-0.2, 0) is 9.59 Å². The van der Waals surface area contributed by atoms with Gasteiger partial charge >= 0.3 is 5.97 Å². The van der Waals surface area contributed by atoms with Crippen LogP contribution in [0.1, 0.15) is 46.5 Å². The smallest absolute Gasteiger partial charge is 0.329 e. The third-order valence-corrected chi connectivity index (χ3v) is 3.53. The first-order valence-corrected chi connectivity index (χ1v) is 6.09. The first-order valence-electron chi connectivity index (χ1n) is 6.09. The van der Waals surface area contributed by atoms with Gasteiger partial charge in [0.05, 0.1) is 5.54 Å². The predicted octanol–water partition coefficient (Wildman–Crippen LogP) is 0.873. The van der Waals surface area contributed by atoms with Gasteiger partial charge in [-0.25, -0.2) is 4.79 Å². The third kappa shape index (κ3) is 2.97. The summed E-state index contributed by atoms with van der Waals surface area (Å²) in [5.41, 5.74) is 3.79. The highest BCUT2D eigenvalue weighted by Gasteiger charge is 2.46. The fraction of sp³-hybridized carbons (Fsp3) is 0.833. The van der Waals surface area contributed by atoms with Gasteiger partial charge in [-0.05, 0) is 39.0 Å². The van der Waals surface area contributed by atoms with E-state index in [-0.39, 0.29) is 11.8 Å². The standard InChI is InChI=1S/C12H22N2O3/c1-4-7-11(2,10(16)17)14-9(15)12(3,13)8-5-6-8/h8H,4-7,13H2,1-3H3,(H,14,15)(H,16,17). The molecule has 0 aromatic carbocycles. The number of carboxylic acids is 1. The second-order valence-corrected chi connectivity index (χ2v) is 5.40. The van der Waals surface area contributed by atoms with E-state index in [2.05, 4.69) is 5.32 Å². The Morgan fingerprint density at radius 3 is 2.29 bits per heavy atom. The van der Waals surface area contributed by atoms with Crippen LogP contribution in [0.5, 0.6) is 0 Å². The van der Waals surface area contributed by atoms with Crippen molar-refractivity contribution in [2.45, 2.75) is 57.5 Å². The van der Waals surface area contributed by atoms with E-state index >= 15 is 0 Å². The van der Waals surface area contributed by atoms with E-state index in [4.69, 9.17) is 5.73 Å². The fourth-order valence-corrected chi connectivity index (χ4v) is 1.98. The Labute approximate surface area is 102 Å². The fourth-order valence-electron chi connectivity index (χ4n) is 1.98. The van der Waals surface area contributed by atoms with Gasteiger partial charge < -0.3 is 16.2 Å². The van der Waals surface area contributed by atoms with Crippen LogP contribution < -0.4 is 11.1 Å². The topological polar surface area (TPSA) is 92.4 Å². The molecule has 5 nitrogen and oxygen atoms in total. The van der Waals surface area contributed by atoms with Gasteiger partial charge in [0.15, 0.2) is 0 Å². The van der Waals surface area contributed by atoms with E-state index < -0.39 is 17.0 Å². The van der Waals surface area contributed by atoms with Crippen molar-refractivity contribution in [3.05, 3.63) is 0 Å². The molecule has 1 aliphatic rings. The van der Waals surface area contributed by atoms with Crippen molar-refractivity contribution in [1.29, 1.82) is 0 Å². The molecule has 0 heterocycles. The van der Waals surface area contributed by atoms with Gasteiger partial charge in [-0.3, -0.25) is 4.79 Å². The molecule has 4 N–H and O–H groups in total. The van der Waals surface area contributed by atoms with Crippen LogP contribution in [0.2, 0.25) is 0 Å². The first kappa shape index (κ1) is 14.0. The van der Waals surface area contributed by atoms with Crippen LogP contribution in [0.25, 0.3) is 0 Å². The Hall–Kier alpha value is -1.10. The second-order valence-electron chi connectivity index (χ2n) is 5.40. The van der Waals surface area contributed by atoms with Gasteiger partial charge in [-0.1, -0.05) is 13.3 Å². The quantitative estimate of drug-likeness (QED) is 0.644. The summed E-state index contributed by atoms with van der Waals surface area (Å²) in [6, 6.07) is 0. The summed E-state index contributed by atoms with van der Waals surface area (Å²) in [5.74, 6) is -1.19. The van der Waals surface area contributed by atoms with E-state index in [1.54, 1.807) is 6.92 Å². The average molecular weight is 242 g/mol. The molecule has 0 aromatic rings. The summed E-state index contributed by atoms with van der Waals surface area (Å²) in [6.45, 7) is 5.09. The van der Waals surface area contributed by atoms with E-state index in [0.29, 0.717) is 12.8 Å².